The number of carbonyl (C=O) groups excluding carboxylic acids is 1. The lowest BCUT2D eigenvalue weighted by Gasteiger charge is -2.41. The number of amides is 1. The first-order valence-corrected chi connectivity index (χ1v) is 16.1. The molecular formula is C31H28F6N4O4S. The number of hydrogen-bond donors (Lipinski definition) is 1. The summed E-state index contributed by atoms with van der Waals surface area (Å²) in [6, 6.07) is 8.05. The number of sulfonamides is 1. The minimum Gasteiger partial charge on any atom is -0.374 e. The molecule has 2 fully saturated rings. The van der Waals surface area contributed by atoms with E-state index >= 15 is 4.39 Å². The van der Waals surface area contributed by atoms with Gasteiger partial charge in [0.15, 0.2) is 28.2 Å². The highest BCUT2D eigenvalue weighted by atomic mass is 32.2. The monoisotopic (exact) mass is 666 g/mol. The van der Waals surface area contributed by atoms with Gasteiger partial charge in [0.2, 0.25) is 21.7 Å². The van der Waals surface area contributed by atoms with Gasteiger partial charge >= 0.3 is 0 Å². The number of fused-ring (bicyclic) bond motifs is 1. The summed E-state index contributed by atoms with van der Waals surface area (Å²) in [4.78, 5) is 12.9. The Labute approximate surface area is 259 Å². The second-order valence-corrected chi connectivity index (χ2v) is 13.3. The van der Waals surface area contributed by atoms with Crippen LogP contribution < -0.4 is 4.90 Å². The highest BCUT2D eigenvalue weighted by molar-refractivity contribution is 7.89. The smallest absolute Gasteiger partial charge is 0.249 e. The van der Waals surface area contributed by atoms with Crippen molar-refractivity contribution in [2.24, 2.45) is 0 Å². The summed E-state index contributed by atoms with van der Waals surface area (Å²) in [5.74, 6) is -14.0. The van der Waals surface area contributed by atoms with Gasteiger partial charge in [-0.2, -0.15) is 9.40 Å². The van der Waals surface area contributed by atoms with Crippen LogP contribution in [-0.4, -0.2) is 46.1 Å². The summed E-state index contributed by atoms with van der Waals surface area (Å²) in [7, 11) is -5.42. The van der Waals surface area contributed by atoms with Gasteiger partial charge < -0.3 is 10.0 Å². The van der Waals surface area contributed by atoms with Crippen LogP contribution >= 0.6 is 0 Å². The molecule has 0 bridgehead atoms. The molecule has 2 aliphatic rings. The lowest BCUT2D eigenvalue weighted by atomic mass is 9.84. The number of anilines is 1. The minimum atomic E-state index is -5.42. The Kier molecular flexibility index (Phi) is 8.59. The summed E-state index contributed by atoms with van der Waals surface area (Å²) in [6.45, 7) is -1.30. The molecular weight excluding hydrogens is 638 g/mol. The molecule has 4 aromatic rings. The number of hydrogen-bond acceptors (Lipinski definition) is 5. The van der Waals surface area contributed by atoms with Gasteiger partial charge in [0.05, 0.1) is 23.9 Å². The SMILES string of the molecule is O=C(C1CCN1S(=O)(=O)c1c(F)c(F)c(F)c(F)c1F)N(Cc1ccc(C2CCCCC2)cc1)c1cc2c(cnn2CO)cc1F. The van der Waals surface area contributed by atoms with Crippen LogP contribution in [0.3, 0.4) is 0 Å². The molecule has 1 aliphatic carbocycles. The summed E-state index contributed by atoms with van der Waals surface area (Å²) >= 11 is 0. The van der Waals surface area contributed by atoms with Gasteiger partial charge in [-0.1, -0.05) is 43.5 Å². The standard InChI is InChI=1S/C31H28F6N4O4S/c32-21-12-20-14-38-40(16-42)23(20)13-24(21)39(15-17-6-8-19(9-7-17)18-4-2-1-3-5-18)31(43)22-10-11-41(22)46(44,45)30-28(36)26(34)25(33)27(35)29(30)37/h6-9,12-14,18,22,42H,1-5,10-11,15-16H2. The number of aliphatic hydroxyl groups excluding tert-OH is 1. The van der Waals surface area contributed by atoms with Crippen molar-refractivity contribution in [3.8, 4) is 0 Å². The van der Waals surface area contributed by atoms with Crippen LogP contribution in [0.15, 0.2) is 47.5 Å². The maximum absolute atomic E-state index is 15.6. The van der Waals surface area contributed by atoms with Gasteiger partial charge in [0, 0.05) is 11.9 Å². The van der Waals surface area contributed by atoms with E-state index < -0.39 is 75.0 Å². The van der Waals surface area contributed by atoms with Crippen molar-refractivity contribution in [3.05, 3.63) is 88.6 Å². The predicted molar refractivity (Wildman–Crippen MR) is 154 cm³/mol. The molecule has 46 heavy (non-hydrogen) atoms. The quantitative estimate of drug-likeness (QED) is 0.144. The van der Waals surface area contributed by atoms with Crippen LogP contribution in [0, 0.1) is 34.9 Å². The third-order valence-corrected chi connectivity index (χ3v) is 10.7. The molecule has 1 aliphatic heterocycles. The van der Waals surface area contributed by atoms with Gasteiger partial charge in [-0.05, 0) is 48.4 Å². The molecule has 8 nitrogen and oxygen atoms in total. The Morgan fingerprint density at radius 2 is 1.52 bits per heavy atom. The molecule has 1 unspecified atom stereocenters. The van der Waals surface area contributed by atoms with Crippen molar-refractivity contribution in [2.45, 2.75) is 68.7 Å². The molecule has 1 amide bonds. The Bertz CT molecular complexity index is 1900. The normalized spacial score (nSPS) is 17.8. The van der Waals surface area contributed by atoms with Gasteiger partial charge in [0.25, 0.3) is 0 Å². The van der Waals surface area contributed by atoms with E-state index in [2.05, 4.69) is 5.10 Å². The zero-order valence-electron chi connectivity index (χ0n) is 24.2. The number of rotatable bonds is 8. The molecule has 3 aromatic carbocycles. The van der Waals surface area contributed by atoms with Gasteiger partial charge in [-0.15, -0.1) is 0 Å². The maximum Gasteiger partial charge on any atom is 0.249 e. The van der Waals surface area contributed by atoms with Crippen molar-refractivity contribution in [2.75, 3.05) is 11.4 Å². The van der Waals surface area contributed by atoms with Crippen LogP contribution in [0.2, 0.25) is 0 Å². The summed E-state index contributed by atoms with van der Waals surface area (Å²) in [5, 5.41) is 14.0. The fourth-order valence-corrected chi connectivity index (χ4v) is 7.95. The van der Waals surface area contributed by atoms with E-state index in [1.54, 1.807) is 12.1 Å². The molecule has 2 heterocycles. The average molecular weight is 667 g/mol. The number of benzene rings is 3. The molecule has 1 saturated heterocycles. The van der Waals surface area contributed by atoms with Crippen molar-refractivity contribution < 1.29 is 44.7 Å². The highest BCUT2D eigenvalue weighted by Crippen LogP contribution is 2.37. The highest BCUT2D eigenvalue weighted by Gasteiger charge is 2.48. The number of aromatic nitrogens is 2. The van der Waals surface area contributed by atoms with Crippen LogP contribution in [0.5, 0.6) is 0 Å². The van der Waals surface area contributed by atoms with Crippen LogP contribution in [-0.2, 0) is 28.1 Å². The van der Waals surface area contributed by atoms with Gasteiger partial charge in [0.1, 0.15) is 18.6 Å². The minimum absolute atomic E-state index is 0.178. The van der Waals surface area contributed by atoms with Crippen molar-refractivity contribution in [1.29, 1.82) is 0 Å². The predicted octanol–water partition coefficient (Wildman–Crippen LogP) is 5.86. The lowest BCUT2D eigenvalue weighted by molar-refractivity contribution is -0.125. The summed E-state index contributed by atoms with van der Waals surface area (Å²) in [6.07, 6.45) is 6.63. The van der Waals surface area contributed by atoms with Crippen LogP contribution in [0.4, 0.5) is 32.0 Å². The lowest BCUT2D eigenvalue weighted by Crippen LogP contribution is -2.59. The molecule has 1 atom stereocenters. The molecule has 0 radical (unpaired) electrons. The van der Waals surface area contributed by atoms with Crippen molar-refractivity contribution >= 4 is 32.5 Å². The first kappa shape index (κ1) is 32.0. The Morgan fingerprint density at radius 3 is 2.11 bits per heavy atom. The molecule has 1 aromatic heterocycles. The van der Waals surface area contributed by atoms with Crippen molar-refractivity contribution in [3.63, 3.8) is 0 Å². The largest absolute Gasteiger partial charge is 0.374 e. The Morgan fingerprint density at radius 1 is 0.891 bits per heavy atom. The number of carbonyl (C=O) groups is 1. The molecule has 6 rings (SSSR count). The summed E-state index contributed by atoms with van der Waals surface area (Å²) in [5.41, 5.74) is 1.62. The van der Waals surface area contributed by atoms with E-state index in [-0.39, 0.29) is 24.2 Å². The third-order valence-electron chi connectivity index (χ3n) is 8.79. The van der Waals surface area contributed by atoms with E-state index in [9.17, 15) is 40.3 Å². The number of nitrogens with zero attached hydrogens (tertiary/aromatic N) is 4. The Balaban J connectivity index is 1.38. The second kappa shape index (κ2) is 12.3. The van der Waals surface area contributed by atoms with E-state index in [1.807, 2.05) is 12.1 Å². The molecule has 244 valence electrons. The zero-order chi connectivity index (χ0) is 32.9. The van der Waals surface area contributed by atoms with E-state index in [0.29, 0.717) is 21.2 Å². The molecule has 0 spiro atoms. The fourth-order valence-electron chi connectivity index (χ4n) is 6.21. The Hall–Kier alpha value is -3.95. The van der Waals surface area contributed by atoms with Crippen molar-refractivity contribution in [1.82, 2.24) is 14.1 Å². The molecule has 1 saturated carbocycles. The van der Waals surface area contributed by atoms with E-state index in [0.717, 1.165) is 46.9 Å². The average Bonchev–Trinajstić information content (AvgIpc) is 3.42. The van der Waals surface area contributed by atoms with E-state index in [4.69, 9.17) is 0 Å². The number of aliphatic hydroxyl groups is 1. The first-order chi connectivity index (χ1) is 21.9. The second-order valence-electron chi connectivity index (χ2n) is 11.5. The molecule has 15 heteroatoms. The third kappa shape index (κ3) is 5.43. The van der Waals surface area contributed by atoms with E-state index in [1.165, 1.54) is 18.7 Å². The summed E-state index contributed by atoms with van der Waals surface area (Å²) < 4.78 is 114. The zero-order valence-corrected chi connectivity index (χ0v) is 25.0. The van der Waals surface area contributed by atoms with Gasteiger partial charge in [-0.3, -0.25) is 4.79 Å². The topological polar surface area (TPSA) is 95.7 Å². The van der Waals surface area contributed by atoms with Crippen LogP contribution in [0.1, 0.15) is 55.6 Å². The fraction of sp³-hybridized carbons (Fsp3) is 0.355. The first-order valence-electron chi connectivity index (χ1n) is 14.6. The number of halogens is 6. The van der Waals surface area contributed by atoms with Gasteiger partial charge in [-0.25, -0.2) is 39.4 Å². The molecule has 1 N–H and O–H groups in total. The maximum atomic E-state index is 15.6. The van der Waals surface area contributed by atoms with Crippen LogP contribution in [0.25, 0.3) is 10.9 Å².